The van der Waals surface area contributed by atoms with Crippen LogP contribution in [0.2, 0.25) is 0 Å². The third-order valence-electron chi connectivity index (χ3n) is 5.76. The molecular formula is C22H22FN3O2. The maximum absolute atomic E-state index is 13.3. The fourth-order valence-corrected chi connectivity index (χ4v) is 4.05. The van der Waals surface area contributed by atoms with E-state index in [1.54, 1.807) is 12.1 Å². The van der Waals surface area contributed by atoms with Crippen molar-refractivity contribution in [1.29, 1.82) is 0 Å². The van der Waals surface area contributed by atoms with Crippen LogP contribution in [0.5, 0.6) is 0 Å². The highest BCUT2D eigenvalue weighted by Crippen LogP contribution is 2.41. The van der Waals surface area contributed by atoms with E-state index in [0.717, 1.165) is 44.2 Å². The number of carbonyl (C=O) groups excluding carboxylic acids is 1. The van der Waals surface area contributed by atoms with Gasteiger partial charge in [0.1, 0.15) is 11.5 Å². The number of rotatable bonds is 4. The van der Waals surface area contributed by atoms with Crippen molar-refractivity contribution in [2.24, 2.45) is 0 Å². The third-order valence-corrected chi connectivity index (χ3v) is 5.76. The second-order valence-electron chi connectivity index (χ2n) is 7.90. The lowest BCUT2D eigenvalue weighted by Crippen LogP contribution is -2.36. The third kappa shape index (κ3) is 3.28. The van der Waals surface area contributed by atoms with Crippen molar-refractivity contribution in [3.63, 3.8) is 0 Å². The molecule has 2 heterocycles. The second-order valence-corrected chi connectivity index (χ2v) is 7.90. The minimum atomic E-state index is -0.319. The van der Waals surface area contributed by atoms with Gasteiger partial charge in [0.25, 0.3) is 11.6 Å². The Hall–Kier alpha value is -2.76. The lowest BCUT2D eigenvalue weighted by molar-refractivity contribution is 0.0929. The van der Waals surface area contributed by atoms with Crippen LogP contribution in [0.4, 0.5) is 4.39 Å². The number of halogens is 1. The van der Waals surface area contributed by atoms with E-state index < -0.39 is 0 Å². The number of amides is 1. The highest BCUT2D eigenvalue weighted by molar-refractivity contribution is 6.09. The Bertz CT molecular complexity index is 1020. The van der Waals surface area contributed by atoms with E-state index >= 15 is 0 Å². The minimum Gasteiger partial charge on any atom is -0.349 e. The Morgan fingerprint density at radius 3 is 2.54 bits per heavy atom. The topological polar surface area (TPSA) is 68.0 Å². The van der Waals surface area contributed by atoms with Crippen LogP contribution in [0.3, 0.4) is 0 Å². The van der Waals surface area contributed by atoms with Crippen LogP contribution in [0.1, 0.15) is 66.9 Å². The number of nitrogens with one attached hydrogen (secondary N) is 1. The van der Waals surface area contributed by atoms with Gasteiger partial charge in [0.2, 0.25) is 0 Å². The normalized spacial score (nSPS) is 17.8. The molecule has 1 aromatic carbocycles. The van der Waals surface area contributed by atoms with Gasteiger partial charge in [0.05, 0.1) is 10.9 Å². The second kappa shape index (κ2) is 7.00. The van der Waals surface area contributed by atoms with Gasteiger partial charge in [-0.05, 0) is 56.0 Å². The predicted octanol–water partition coefficient (Wildman–Crippen LogP) is 4.97. The van der Waals surface area contributed by atoms with Crippen LogP contribution < -0.4 is 5.32 Å². The molecule has 2 aliphatic rings. The number of aromatic nitrogens is 2. The molecule has 0 saturated heterocycles. The molecule has 5 rings (SSSR count). The summed E-state index contributed by atoms with van der Waals surface area (Å²) in [5.41, 5.74) is 3.05. The van der Waals surface area contributed by atoms with E-state index in [1.807, 2.05) is 6.07 Å². The zero-order valence-corrected chi connectivity index (χ0v) is 15.6. The van der Waals surface area contributed by atoms with Crippen LogP contribution in [-0.2, 0) is 0 Å². The first-order chi connectivity index (χ1) is 13.7. The molecular weight excluding hydrogens is 357 g/mol. The van der Waals surface area contributed by atoms with Gasteiger partial charge in [-0.3, -0.25) is 4.79 Å². The predicted molar refractivity (Wildman–Crippen MR) is 104 cm³/mol. The van der Waals surface area contributed by atoms with E-state index in [2.05, 4.69) is 15.5 Å². The number of carbonyl (C=O) groups is 1. The van der Waals surface area contributed by atoms with Gasteiger partial charge < -0.3 is 9.84 Å². The van der Waals surface area contributed by atoms with E-state index in [-0.39, 0.29) is 17.8 Å². The summed E-state index contributed by atoms with van der Waals surface area (Å²) in [5, 5.41) is 7.96. The van der Waals surface area contributed by atoms with Gasteiger partial charge in [0.15, 0.2) is 0 Å². The number of hydrogen-bond acceptors (Lipinski definition) is 4. The summed E-state index contributed by atoms with van der Waals surface area (Å²) in [4.78, 5) is 17.8. The largest absolute Gasteiger partial charge is 0.349 e. The van der Waals surface area contributed by atoms with Crippen LogP contribution in [0, 0.1) is 5.82 Å². The van der Waals surface area contributed by atoms with Gasteiger partial charge in [0, 0.05) is 23.2 Å². The summed E-state index contributed by atoms with van der Waals surface area (Å²) >= 11 is 0. The molecule has 2 aromatic heterocycles. The summed E-state index contributed by atoms with van der Waals surface area (Å²) in [6.45, 7) is 0. The first kappa shape index (κ1) is 17.3. The molecule has 6 heteroatoms. The first-order valence-electron chi connectivity index (χ1n) is 10.1. The Balaban J connectivity index is 1.59. The monoisotopic (exact) mass is 379 g/mol. The zero-order valence-electron chi connectivity index (χ0n) is 15.6. The molecule has 5 nitrogen and oxygen atoms in total. The van der Waals surface area contributed by atoms with Crippen molar-refractivity contribution in [2.75, 3.05) is 0 Å². The Kier molecular flexibility index (Phi) is 4.34. The van der Waals surface area contributed by atoms with E-state index in [0.29, 0.717) is 33.8 Å². The number of benzene rings is 1. The van der Waals surface area contributed by atoms with Gasteiger partial charge in [-0.2, -0.15) is 0 Å². The molecule has 1 amide bonds. The van der Waals surface area contributed by atoms with Crippen molar-refractivity contribution in [2.45, 2.75) is 56.9 Å². The average Bonchev–Trinajstić information content (AvgIpc) is 3.48. The first-order valence-corrected chi connectivity index (χ1v) is 10.1. The minimum absolute atomic E-state index is 0.104. The molecule has 2 saturated carbocycles. The van der Waals surface area contributed by atoms with Gasteiger partial charge >= 0.3 is 0 Å². The summed E-state index contributed by atoms with van der Waals surface area (Å²) in [6, 6.07) is 8.15. The maximum atomic E-state index is 13.3. The number of nitrogens with zero attached hydrogens (tertiary/aromatic N) is 2. The molecule has 1 N–H and O–H groups in total. The van der Waals surface area contributed by atoms with Crippen LogP contribution in [-0.4, -0.2) is 22.1 Å². The lowest BCUT2D eigenvalue weighted by atomic mass is 9.95. The molecule has 28 heavy (non-hydrogen) atoms. The molecule has 0 radical (unpaired) electrons. The van der Waals surface area contributed by atoms with Crippen LogP contribution >= 0.6 is 0 Å². The molecule has 0 aliphatic heterocycles. The molecule has 3 aromatic rings. The molecule has 0 bridgehead atoms. The summed E-state index contributed by atoms with van der Waals surface area (Å²) in [7, 11) is 0. The van der Waals surface area contributed by atoms with Crippen LogP contribution in [0.15, 0.2) is 34.9 Å². The molecule has 0 unspecified atom stereocenters. The molecule has 2 aliphatic carbocycles. The number of pyridine rings is 1. The Labute approximate surface area is 162 Å². The number of hydrogen-bond donors (Lipinski definition) is 1. The van der Waals surface area contributed by atoms with Crippen molar-refractivity contribution in [3.8, 4) is 11.3 Å². The molecule has 2 fully saturated rings. The smallest absolute Gasteiger partial charge is 0.259 e. The van der Waals surface area contributed by atoms with Crippen molar-refractivity contribution >= 4 is 17.0 Å². The van der Waals surface area contributed by atoms with Crippen molar-refractivity contribution < 1.29 is 13.7 Å². The number of fused-ring (bicyclic) bond motifs is 1. The standard InChI is InChI=1S/C22H22FN3O2/c23-15-10-8-14(9-11-15)20-19-17(21(27)24-16-4-2-1-3-5-16)12-18(13-6-7-13)25-22(19)28-26-20/h8-13,16H,1-7H2,(H,24,27). The van der Waals surface area contributed by atoms with Gasteiger partial charge in [-0.15, -0.1) is 0 Å². The Morgan fingerprint density at radius 2 is 1.82 bits per heavy atom. The quantitative estimate of drug-likeness (QED) is 0.695. The zero-order chi connectivity index (χ0) is 19.1. The van der Waals surface area contributed by atoms with Crippen molar-refractivity contribution in [3.05, 3.63) is 47.4 Å². The van der Waals surface area contributed by atoms with Crippen LogP contribution in [0.25, 0.3) is 22.4 Å². The summed E-state index contributed by atoms with van der Waals surface area (Å²) < 4.78 is 18.8. The summed E-state index contributed by atoms with van der Waals surface area (Å²) in [6.07, 6.45) is 7.74. The van der Waals surface area contributed by atoms with E-state index in [9.17, 15) is 9.18 Å². The molecule has 144 valence electrons. The highest BCUT2D eigenvalue weighted by Gasteiger charge is 2.30. The van der Waals surface area contributed by atoms with Crippen molar-refractivity contribution in [1.82, 2.24) is 15.5 Å². The van der Waals surface area contributed by atoms with E-state index in [1.165, 1.54) is 18.6 Å². The maximum Gasteiger partial charge on any atom is 0.259 e. The highest BCUT2D eigenvalue weighted by atomic mass is 19.1. The SMILES string of the molecule is O=C(NC1CCCCC1)c1cc(C2CC2)nc2onc(-c3ccc(F)cc3)c12. The van der Waals surface area contributed by atoms with E-state index in [4.69, 9.17) is 4.52 Å². The fourth-order valence-electron chi connectivity index (χ4n) is 4.05. The van der Waals surface area contributed by atoms with Gasteiger partial charge in [-0.25, -0.2) is 9.37 Å². The molecule has 0 spiro atoms. The molecule has 0 atom stereocenters. The lowest BCUT2D eigenvalue weighted by Gasteiger charge is -2.23. The van der Waals surface area contributed by atoms with Gasteiger partial charge in [-0.1, -0.05) is 24.4 Å². The summed E-state index contributed by atoms with van der Waals surface area (Å²) in [5.74, 6) is -0.0290. The Morgan fingerprint density at radius 1 is 1.07 bits per heavy atom. The average molecular weight is 379 g/mol. The fraction of sp³-hybridized carbons (Fsp3) is 0.409.